The second kappa shape index (κ2) is 5.87. The molecular weight excluding hydrogens is 300 g/mol. The average Bonchev–Trinajstić information content (AvgIpc) is 2.40. The van der Waals surface area contributed by atoms with Crippen LogP contribution in [-0.2, 0) is 0 Å². The van der Waals surface area contributed by atoms with Gasteiger partial charge >= 0.3 is 0 Å². The minimum absolute atomic E-state index is 0.313. The number of hydrogen-bond donors (Lipinski definition) is 0. The number of rotatable bonds is 5. The molecule has 1 aromatic carbocycles. The first kappa shape index (κ1) is 14.9. The third kappa shape index (κ3) is 2.69. The summed E-state index contributed by atoms with van der Waals surface area (Å²) in [7, 11) is 0. The summed E-state index contributed by atoms with van der Waals surface area (Å²) in [5, 5.41) is 0. The van der Waals surface area contributed by atoms with Crippen molar-refractivity contribution < 1.29 is 4.74 Å². The van der Waals surface area contributed by atoms with E-state index < -0.39 is 0 Å². The molecule has 0 aliphatic heterocycles. The first-order chi connectivity index (χ1) is 9.03. The van der Waals surface area contributed by atoms with E-state index in [4.69, 9.17) is 4.74 Å². The summed E-state index contributed by atoms with van der Waals surface area (Å²) >= 11 is 3.82. The first-order valence-corrected chi connectivity index (χ1v) is 8.35. The van der Waals surface area contributed by atoms with E-state index in [-0.39, 0.29) is 0 Å². The Morgan fingerprint density at radius 2 is 2.00 bits per heavy atom. The van der Waals surface area contributed by atoms with Gasteiger partial charge < -0.3 is 4.74 Å². The minimum Gasteiger partial charge on any atom is -0.490 e. The summed E-state index contributed by atoms with van der Waals surface area (Å²) in [6.07, 6.45) is 3.82. The van der Waals surface area contributed by atoms with Crippen molar-refractivity contribution in [3.05, 3.63) is 29.8 Å². The van der Waals surface area contributed by atoms with Crippen molar-refractivity contribution >= 4 is 15.9 Å². The highest BCUT2D eigenvalue weighted by Gasteiger charge is 2.53. The maximum absolute atomic E-state index is 6.28. The van der Waals surface area contributed by atoms with Gasteiger partial charge in [0.15, 0.2) is 0 Å². The molecule has 1 fully saturated rings. The standard InChI is InChI=1S/C17H25BrO/c1-5-17(6-2)15(18)11-16(17)19-14-9-7-8-13(10-14)12(3)4/h7-10,12,15-16H,5-6,11H2,1-4H3. The molecule has 1 nitrogen and oxygen atoms in total. The Hall–Kier alpha value is -0.500. The molecule has 106 valence electrons. The van der Waals surface area contributed by atoms with Gasteiger partial charge in [-0.25, -0.2) is 0 Å². The third-order valence-corrected chi connectivity index (χ3v) is 6.09. The molecule has 0 amide bonds. The van der Waals surface area contributed by atoms with E-state index in [1.54, 1.807) is 0 Å². The number of halogens is 1. The van der Waals surface area contributed by atoms with Crippen LogP contribution in [0.1, 0.15) is 58.4 Å². The summed E-state index contributed by atoms with van der Waals surface area (Å²) in [5.41, 5.74) is 1.67. The largest absolute Gasteiger partial charge is 0.490 e. The highest BCUT2D eigenvalue weighted by molar-refractivity contribution is 9.09. The molecule has 1 aliphatic rings. The summed E-state index contributed by atoms with van der Waals surface area (Å²) in [4.78, 5) is 0.605. The quantitative estimate of drug-likeness (QED) is 0.647. The Balaban J connectivity index is 2.12. The van der Waals surface area contributed by atoms with Crippen molar-refractivity contribution in [2.75, 3.05) is 0 Å². The molecule has 0 radical (unpaired) electrons. The normalized spacial score (nSPS) is 25.2. The van der Waals surface area contributed by atoms with Crippen LogP contribution < -0.4 is 4.74 Å². The van der Waals surface area contributed by atoms with Gasteiger partial charge in [-0.2, -0.15) is 0 Å². The zero-order valence-corrected chi connectivity index (χ0v) is 14.0. The monoisotopic (exact) mass is 324 g/mol. The lowest BCUT2D eigenvalue weighted by Crippen LogP contribution is -2.56. The van der Waals surface area contributed by atoms with Crippen LogP contribution in [0.5, 0.6) is 5.75 Å². The lowest BCUT2D eigenvalue weighted by atomic mass is 9.62. The van der Waals surface area contributed by atoms with E-state index in [1.807, 2.05) is 0 Å². The number of ether oxygens (including phenoxy) is 1. The van der Waals surface area contributed by atoms with Crippen LogP contribution in [0.15, 0.2) is 24.3 Å². The fourth-order valence-corrected chi connectivity index (χ4v) is 4.41. The van der Waals surface area contributed by atoms with Gasteiger partial charge in [-0.1, -0.05) is 55.8 Å². The van der Waals surface area contributed by atoms with Crippen LogP contribution in [0.3, 0.4) is 0 Å². The van der Waals surface area contributed by atoms with E-state index >= 15 is 0 Å². The molecule has 0 bridgehead atoms. The number of hydrogen-bond acceptors (Lipinski definition) is 1. The van der Waals surface area contributed by atoms with Crippen LogP contribution >= 0.6 is 15.9 Å². The van der Waals surface area contributed by atoms with Gasteiger partial charge in [-0.3, -0.25) is 0 Å². The summed E-state index contributed by atoms with van der Waals surface area (Å²) in [5.74, 6) is 1.58. The van der Waals surface area contributed by atoms with E-state index in [2.05, 4.69) is 67.9 Å². The van der Waals surface area contributed by atoms with E-state index in [0.29, 0.717) is 22.3 Å². The molecule has 0 heterocycles. The maximum Gasteiger partial charge on any atom is 0.120 e. The lowest BCUT2D eigenvalue weighted by molar-refractivity contribution is -0.0411. The van der Waals surface area contributed by atoms with Crippen LogP contribution in [0.25, 0.3) is 0 Å². The summed E-state index contributed by atoms with van der Waals surface area (Å²) in [6.45, 7) is 8.99. The molecule has 2 atom stereocenters. The zero-order valence-electron chi connectivity index (χ0n) is 12.4. The predicted octanol–water partition coefficient (Wildman–Crippen LogP) is 5.53. The second-order valence-corrected chi connectivity index (χ2v) is 7.08. The second-order valence-electron chi connectivity index (χ2n) is 5.98. The van der Waals surface area contributed by atoms with Gasteiger partial charge in [-0.15, -0.1) is 0 Å². The van der Waals surface area contributed by atoms with Crippen molar-refractivity contribution in [1.82, 2.24) is 0 Å². The van der Waals surface area contributed by atoms with Crippen molar-refractivity contribution in [2.45, 2.75) is 63.8 Å². The fourth-order valence-electron chi connectivity index (χ4n) is 3.12. The highest BCUT2D eigenvalue weighted by atomic mass is 79.9. The van der Waals surface area contributed by atoms with Crippen molar-refractivity contribution in [1.29, 1.82) is 0 Å². The van der Waals surface area contributed by atoms with Crippen molar-refractivity contribution in [3.63, 3.8) is 0 Å². The predicted molar refractivity (Wildman–Crippen MR) is 85.3 cm³/mol. The van der Waals surface area contributed by atoms with Crippen molar-refractivity contribution in [3.8, 4) is 5.75 Å². The zero-order chi connectivity index (χ0) is 14.0. The van der Waals surface area contributed by atoms with Gasteiger partial charge in [0.1, 0.15) is 11.9 Å². The molecule has 2 rings (SSSR count). The van der Waals surface area contributed by atoms with E-state index in [9.17, 15) is 0 Å². The van der Waals surface area contributed by atoms with Crippen LogP contribution in [-0.4, -0.2) is 10.9 Å². The molecule has 2 heteroatoms. The summed E-state index contributed by atoms with van der Waals surface area (Å²) < 4.78 is 6.28. The minimum atomic E-state index is 0.313. The Morgan fingerprint density at radius 3 is 2.53 bits per heavy atom. The molecule has 1 aliphatic carbocycles. The summed E-state index contributed by atoms with van der Waals surface area (Å²) in [6, 6.07) is 8.57. The molecule has 1 saturated carbocycles. The van der Waals surface area contributed by atoms with Crippen molar-refractivity contribution in [2.24, 2.45) is 5.41 Å². The Bertz CT molecular complexity index is 423. The first-order valence-electron chi connectivity index (χ1n) is 7.44. The average molecular weight is 325 g/mol. The lowest BCUT2D eigenvalue weighted by Gasteiger charge is -2.52. The highest BCUT2D eigenvalue weighted by Crippen LogP contribution is 2.52. The Morgan fingerprint density at radius 1 is 1.32 bits per heavy atom. The number of benzene rings is 1. The maximum atomic E-state index is 6.28. The Kier molecular flexibility index (Phi) is 4.60. The topological polar surface area (TPSA) is 9.23 Å². The number of alkyl halides is 1. The van der Waals surface area contributed by atoms with E-state index in [1.165, 1.54) is 18.4 Å². The van der Waals surface area contributed by atoms with Gasteiger partial charge in [0, 0.05) is 10.2 Å². The molecule has 0 N–H and O–H groups in total. The SMILES string of the molecule is CCC1(CC)C(Br)CC1Oc1cccc(C(C)C)c1. The van der Waals surface area contributed by atoms with E-state index in [0.717, 1.165) is 12.2 Å². The molecule has 2 unspecified atom stereocenters. The molecule has 0 aromatic heterocycles. The van der Waals surface area contributed by atoms with Gasteiger partial charge in [-0.05, 0) is 42.9 Å². The van der Waals surface area contributed by atoms with Crippen LogP contribution in [0, 0.1) is 5.41 Å². The van der Waals surface area contributed by atoms with Gasteiger partial charge in [0.25, 0.3) is 0 Å². The smallest absolute Gasteiger partial charge is 0.120 e. The van der Waals surface area contributed by atoms with Gasteiger partial charge in [0.05, 0.1) is 0 Å². The van der Waals surface area contributed by atoms with Gasteiger partial charge in [0.2, 0.25) is 0 Å². The fraction of sp³-hybridized carbons (Fsp3) is 0.647. The molecule has 1 aromatic rings. The van der Waals surface area contributed by atoms with Crippen LogP contribution in [0.4, 0.5) is 0 Å². The molecular formula is C17H25BrO. The molecule has 19 heavy (non-hydrogen) atoms. The Labute approximate surface area is 125 Å². The molecule has 0 saturated heterocycles. The third-order valence-electron chi connectivity index (χ3n) is 4.81. The van der Waals surface area contributed by atoms with Crippen LogP contribution in [0.2, 0.25) is 0 Å². The molecule has 0 spiro atoms.